The van der Waals surface area contributed by atoms with E-state index in [0.29, 0.717) is 34.7 Å². The minimum atomic E-state index is -0.294. The van der Waals surface area contributed by atoms with Crippen LogP contribution >= 0.6 is 54.5 Å². The molecule has 3 aromatic rings. The molecular weight excluding hydrogens is 639 g/mol. The molecule has 0 saturated carbocycles. The van der Waals surface area contributed by atoms with Crippen molar-refractivity contribution in [3.05, 3.63) is 89.9 Å². The van der Waals surface area contributed by atoms with Gasteiger partial charge in [0.15, 0.2) is 11.5 Å². The molecular formula is C23H19Br2IN2O3. The minimum Gasteiger partial charge on any atom is -0.490 e. The first kappa shape index (κ1) is 23.7. The van der Waals surface area contributed by atoms with Gasteiger partial charge in [-0.05, 0) is 93.0 Å². The molecule has 0 unspecified atom stereocenters. The first-order valence-electron chi connectivity index (χ1n) is 9.39. The Hall–Kier alpha value is -1.91. The second-order valence-corrected chi connectivity index (χ2v) is 9.29. The quantitative estimate of drug-likeness (QED) is 0.170. The fraction of sp³-hybridized carbons (Fsp3) is 0.130. The molecule has 0 radical (unpaired) electrons. The Balaban J connectivity index is 1.73. The number of carbonyl (C=O) groups is 1. The first-order valence-corrected chi connectivity index (χ1v) is 12.1. The second-order valence-electron chi connectivity index (χ2n) is 6.36. The van der Waals surface area contributed by atoms with Crippen molar-refractivity contribution in [2.75, 3.05) is 6.61 Å². The number of rotatable bonds is 8. The molecule has 0 saturated heterocycles. The van der Waals surface area contributed by atoms with E-state index < -0.39 is 0 Å². The summed E-state index contributed by atoms with van der Waals surface area (Å²) >= 11 is 9.01. The van der Waals surface area contributed by atoms with Gasteiger partial charge in [-0.15, -0.1) is 0 Å². The van der Waals surface area contributed by atoms with Gasteiger partial charge >= 0.3 is 0 Å². The standard InChI is InChI=1S/C23H19Br2IN2O3/c1-2-30-21-12-16(13-27-28-23(29)18-5-3-4-6-19(18)25)11-20(26)22(21)31-14-15-7-9-17(24)10-8-15/h3-13H,2,14H2,1H3,(H,28,29)/b27-13-. The van der Waals surface area contributed by atoms with Crippen LogP contribution in [0.4, 0.5) is 0 Å². The first-order chi connectivity index (χ1) is 15.0. The van der Waals surface area contributed by atoms with Crippen molar-refractivity contribution < 1.29 is 14.3 Å². The Labute approximate surface area is 211 Å². The van der Waals surface area contributed by atoms with Crippen LogP contribution in [0.1, 0.15) is 28.4 Å². The van der Waals surface area contributed by atoms with E-state index in [1.165, 1.54) is 0 Å². The third-order valence-electron chi connectivity index (χ3n) is 4.13. The van der Waals surface area contributed by atoms with Gasteiger partial charge in [0.1, 0.15) is 6.61 Å². The number of amides is 1. The van der Waals surface area contributed by atoms with E-state index in [1.807, 2.05) is 55.5 Å². The molecule has 3 aromatic carbocycles. The Morgan fingerprint density at radius 1 is 1.10 bits per heavy atom. The van der Waals surface area contributed by atoms with Crippen LogP contribution in [0.15, 0.2) is 74.7 Å². The fourth-order valence-corrected chi connectivity index (χ4v) is 4.18. The SMILES string of the molecule is CCOc1cc(/C=N\NC(=O)c2ccccc2Br)cc(I)c1OCc1ccc(Br)cc1. The van der Waals surface area contributed by atoms with Crippen LogP contribution in [-0.4, -0.2) is 18.7 Å². The smallest absolute Gasteiger partial charge is 0.272 e. The number of carbonyl (C=O) groups excluding carboxylic acids is 1. The maximum atomic E-state index is 12.3. The van der Waals surface area contributed by atoms with Crippen molar-refractivity contribution in [3.63, 3.8) is 0 Å². The predicted molar refractivity (Wildman–Crippen MR) is 138 cm³/mol. The summed E-state index contributed by atoms with van der Waals surface area (Å²) in [6.45, 7) is 2.85. The molecule has 1 amide bonds. The molecule has 0 aliphatic heterocycles. The summed E-state index contributed by atoms with van der Waals surface area (Å²) in [6.07, 6.45) is 1.58. The molecule has 0 fully saturated rings. The summed E-state index contributed by atoms with van der Waals surface area (Å²) in [6, 6.07) is 18.9. The van der Waals surface area contributed by atoms with Crippen molar-refractivity contribution in [2.45, 2.75) is 13.5 Å². The van der Waals surface area contributed by atoms with E-state index in [-0.39, 0.29) is 5.91 Å². The van der Waals surface area contributed by atoms with Crippen molar-refractivity contribution in [2.24, 2.45) is 5.10 Å². The van der Waals surface area contributed by atoms with Gasteiger partial charge in [-0.25, -0.2) is 5.43 Å². The number of ether oxygens (including phenoxy) is 2. The topological polar surface area (TPSA) is 59.9 Å². The van der Waals surface area contributed by atoms with E-state index in [9.17, 15) is 4.79 Å². The van der Waals surface area contributed by atoms with Gasteiger partial charge in [-0.1, -0.05) is 40.2 Å². The molecule has 0 bridgehead atoms. The zero-order chi connectivity index (χ0) is 22.2. The van der Waals surface area contributed by atoms with Crippen LogP contribution in [0.2, 0.25) is 0 Å². The average Bonchev–Trinajstić information content (AvgIpc) is 2.75. The summed E-state index contributed by atoms with van der Waals surface area (Å²) in [4.78, 5) is 12.3. The Bertz CT molecular complexity index is 1090. The van der Waals surface area contributed by atoms with E-state index in [4.69, 9.17) is 9.47 Å². The van der Waals surface area contributed by atoms with E-state index in [0.717, 1.165) is 19.2 Å². The molecule has 0 aliphatic rings. The predicted octanol–water partition coefficient (Wildman–Crippen LogP) is 6.56. The fourth-order valence-electron chi connectivity index (χ4n) is 2.67. The highest BCUT2D eigenvalue weighted by Crippen LogP contribution is 2.34. The lowest BCUT2D eigenvalue weighted by Gasteiger charge is -2.15. The van der Waals surface area contributed by atoms with Crippen LogP contribution in [0, 0.1) is 3.57 Å². The van der Waals surface area contributed by atoms with Crippen LogP contribution < -0.4 is 14.9 Å². The molecule has 0 heterocycles. The van der Waals surface area contributed by atoms with Gasteiger partial charge in [0, 0.05) is 8.95 Å². The van der Waals surface area contributed by atoms with Gasteiger partial charge in [-0.2, -0.15) is 5.10 Å². The molecule has 0 aliphatic carbocycles. The summed E-state index contributed by atoms with van der Waals surface area (Å²) in [5, 5.41) is 4.08. The van der Waals surface area contributed by atoms with Gasteiger partial charge in [0.2, 0.25) is 0 Å². The second kappa shape index (κ2) is 11.6. The molecule has 3 rings (SSSR count). The summed E-state index contributed by atoms with van der Waals surface area (Å²) in [5.41, 5.74) is 4.91. The number of halogens is 3. The number of nitrogens with one attached hydrogen (secondary N) is 1. The molecule has 31 heavy (non-hydrogen) atoms. The summed E-state index contributed by atoms with van der Waals surface area (Å²) < 4.78 is 14.5. The molecule has 5 nitrogen and oxygen atoms in total. The number of nitrogens with zero attached hydrogens (tertiary/aromatic N) is 1. The van der Waals surface area contributed by atoms with Crippen LogP contribution in [-0.2, 0) is 6.61 Å². The van der Waals surface area contributed by atoms with Crippen LogP contribution in [0.25, 0.3) is 0 Å². The lowest BCUT2D eigenvalue weighted by Crippen LogP contribution is -2.18. The molecule has 160 valence electrons. The Morgan fingerprint density at radius 3 is 2.55 bits per heavy atom. The molecule has 1 N–H and O–H groups in total. The maximum Gasteiger partial charge on any atom is 0.272 e. The van der Waals surface area contributed by atoms with Crippen LogP contribution in [0.3, 0.4) is 0 Å². The minimum absolute atomic E-state index is 0.294. The van der Waals surface area contributed by atoms with Gasteiger partial charge in [-0.3, -0.25) is 4.79 Å². The number of hydrogen-bond acceptors (Lipinski definition) is 4. The highest BCUT2D eigenvalue weighted by atomic mass is 127. The highest BCUT2D eigenvalue weighted by molar-refractivity contribution is 14.1. The lowest BCUT2D eigenvalue weighted by atomic mass is 10.2. The summed E-state index contributed by atoms with van der Waals surface area (Å²) in [7, 11) is 0. The molecule has 0 aromatic heterocycles. The van der Waals surface area contributed by atoms with Crippen molar-refractivity contribution in [1.29, 1.82) is 0 Å². The molecule has 0 atom stereocenters. The monoisotopic (exact) mass is 656 g/mol. The van der Waals surface area contributed by atoms with Gasteiger partial charge in [0.05, 0.1) is 22.0 Å². The highest BCUT2D eigenvalue weighted by Gasteiger charge is 2.13. The van der Waals surface area contributed by atoms with Crippen molar-refractivity contribution >= 4 is 66.6 Å². The summed E-state index contributed by atoms with van der Waals surface area (Å²) in [5.74, 6) is 1.02. The Kier molecular flexibility index (Phi) is 8.91. The van der Waals surface area contributed by atoms with Gasteiger partial charge < -0.3 is 9.47 Å². The van der Waals surface area contributed by atoms with E-state index in [2.05, 4.69) is 65.0 Å². The van der Waals surface area contributed by atoms with Crippen molar-refractivity contribution in [3.8, 4) is 11.5 Å². The van der Waals surface area contributed by atoms with E-state index >= 15 is 0 Å². The third kappa shape index (κ3) is 6.78. The largest absolute Gasteiger partial charge is 0.490 e. The average molecular weight is 658 g/mol. The maximum absolute atomic E-state index is 12.3. The zero-order valence-corrected chi connectivity index (χ0v) is 21.9. The Morgan fingerprint density at radius 2 is 1.84 bits per heavy atom. The lowest BCUT2D eigenvalue weighted by molar-refractivity contribution is 0.0954. The molecule has 0 spiro atoms. The number of hydrogen-bond donors (Lipinski definition) is 1. The van der Waals surface area contributed by atoms with Gasteiger partial charge in [0.25, 0.3) is 5.91 Å². The number of hydrazone groups is 1. The normalized spacial score (nSPS) is 10.8. The van der Waals surface area contributed by atoms with Crippen LogP contribution in [0.5, 0.6) is 11.5 Å². The zero-order valence-electron chi connectivity index (χ0n) is 16.6. The third-order valence-corrected chi connectivity index (χ3v) is 6.15. The number of benzene rings is 3. The van der Waals surface area contributed by atoms with Crippen molar-refractivity contribution in [1.82, 2.24) is 5.43 Å². The van der Waals surface area contributed by atoms with E-state index in [1.54, 1.807) is 18.3 Å². The molecule has 8 heteroatoms.